The van der Waals surface area contributed by atoms with Gasteiger partial charge in [0.25, 0.3) is 0 Å². The first-order valence-electron chi connectivity index (χ1n) is 22.4. The van der Waals surface area contributed by atoms with Gasteiger partial charge in [0.2, 0.25) is 23.6 Å². The van der Waals surface area contributed by atoms with Crippen LogP contribution < -0.4 is 0 Å². The molecule has 0 aliphatic carbocycles. The summed E-state index contributed by atoms with van der Waals surface area (Å²) in [5.41, 5.74) is 13.0. The van der Waals surface area contributed by atoms with Gasteiger partial charge in [0.05, 0.1) is 0 Å². The van der Waals surface area contributed by atoms with Gasteiger partial charge in [0.15, 0.2) is 0 Å². The zero-order valence-electron chi connectivity index (χ0n) is 39.3. The summed E-state index contributed by atoms with van der Waals surface area (Å²) < 4.78 is 12.8. The van der Waals surface area contributed by atoms with Crippen molar-refractivity contribution < 1.29 is 8.83 Å². The second kappa shape index (κ2) is 15.5. The van der Waals surface area contributed by atoms with E-state index < -0.39 is 0 Å². The summed E-state index contributed by atoms with van der Waals surface area (Å²) in [4.78, 5) is 0. The minimum Gasteiger partial charge on any atom is -0.416 e. The molecule has 0 saturated carbocycles. The average molecular weight is 843 g/mol. The monoisotopic (exact) mass is 842 g/mol. The SMILES string of the molecule is CC(C)(C)c1ccc(-c2nnc(-c3cccc(-c4c5ccc(C(C)(C)C)cc5c(-c5cccc(-c6nnc(-c7ccc(C(C)(C)C)cc7)o6)c5)c5ccc(C(C)(C)C)cc45)c3)o2)cc1. The van der Waals surface area contributed by atoms with Crippen molar-refractivity contribution in [3.8, 4) is 68.1 Å². The molecule has 0 aliphatic heterocycles. The van der Waals surface area contributed by atoms with Crippen molar-refractivity contribution in [1.82, 2.24) is 20.4 Å². The lowest BCUT2D eigenvalue weighted by Gasteiger charge is -2.25. The summed E-state index contributed by atoms with van der Waals surface area (Å²) in [7, 11) is 0. The maximum atomic E-state index is 6.39. The van der Waals surface area contributed by atoms with Crippen LogP contribution in [0.5, 0.6) is 0 Å². The number of aromatic nitrogens is 4. The van der Waals surface area contributed by atoms with Gasteiger partial charge in [0, 0.05) is 22.3 Å². The van der Waals surface area contributed by atoms with Crippen LogP contribution in [0.15, 0.2) is 142 Å². The van der Waals surface area contributed by atoms with Crippen molar-refractivity contribution in [2.24, 2.45) is 0 Å². The Hall–Kier alpha value is -6.66. The summed E-state index contributed by atoms with van der Waals surface area (Å²) >= 11 is 0. The molecule has 0 amide bonds. The molecule has 0 bridgehead atoms. The normalized spacial score (nSPS) is 12.7. The van der Waals surface area contributed by atoms with Gasteiger partial charge in [-0.1, -0.05) is 156 Å². The molecule has 0 saturated heterocycles. The second-order valence-electron chi connectivity index (χ2n) is 21.4. The lowest BCUT2D eigenvalue weighted by atomic mass is 9.79. The van der Waals surface area contributed by atoms with Crippen LogP contribution >= 0.6 is 0 Å². The minimum atomic E-state index is -0.0770. The van der Waals surface area contributed by atoms with Crippen LogP contribution in [0.4, 0.5) is 0 Å². The highest BCUT2D eigenvalue weighted by molar-refractivity contribution is 6.22. The van der Waals surface area contributed by atoms with E-state index in [1.54, 1.807) is 0 Å². The zero-order valence-corrected chi connectivity index (χ0v) is 39.3. The van der Waals surface area contributed by atoms with Crippen LogP contribution in [-0.2, 0) is 21.7 Å². The Labute approximate surface area is 377 Å². The second-order valence-corrected chi connectivity index (χ2v) is 21.4. The van der Waals surface area contributed by atoms with E-state index in [4.69, 9.17) is 8.83 Å². The molecule has 0 N–H and O–H groups in total. The molecular formula is C58H58N4O2. The van der Waals surface area contributed by atoms with Gasteiger partial charge in [-0.15, -0.1) is 20.4 Å². The predicted molar refractivity (Wildman–Crippen MR) is 265 cm³/mol. The molecule has 0 radical (unpaired) electrons. The number of rotatable bonds is 6. The molecule has 322 valence electrons. The van der Waals surface area contributed by atoms with Crippen LogP contribution in [0.2, 0.25) is 0 Å². The fourth-order valence-electron chi connectivity index (χ4n) is 8.54. The first-order chi connectivity index (χ1) is 30.2. The number of fused-ring (bicyclic) bond motifs is 2. The third-order valence-electron chi connectivity index (χ3n) is 12.5. The maximum Gasteiger partial charge on any atom is 0.248 e. The van der Waals surface area contributed by atoms with E-state index in [1.807, 2.05) is 0 Å². The number of hydrogen-bond donors (Lipinski definition) is 0. The molecule has 64 heavy (non-hydrogen) atoms. The Kier molecular flexibility index (Phi) is 10.4. The smallest absolute Gasteiger partial charge is 0.248 e. The third kappa shape index (κ3) is 8.18. The van der Waals surface area contributed by atoms with Crippen molar-refractivity contribution in [3.05, 3.63) is 156 Å². The standard InChI is InChI=1S/C58H58N4O2/c1-55(2,3)41-23-19-35(20-24-41)51-59-61-53(63-51)39-17-13-15-37(31-39)49-45-29-27-44(58(10,11)12)34-48(45)50(46-30-28-43(33-47(46)49)57(7,8)9)38-16-14-18-40(32-38)54-62-60-52(64-54)36-21-25-42(26-22-36)56(4,5)6/h13-34H,1-12H3. The summed E-state index contributed by atoms with van der Waals surface area (Å²) in [6.07, 6.45) is 0. The fourth-order valence-corrected chi connectivity index (χ4v) is 8.54. The van der Waals surface area contributed by atoms with Gasteiger partial charge in [-0.2, -0.15) is 0 Å². The van der Waals surface area contributed by atoms with Gasteiger partial charge in [-0.25, -0.2) is 0 Å². The highest BCUT2D eigenvalue weighted by Gasteiger charge is 2.25. The molecule has 7 aromatic carbocycles. The minimum absolute atomic E-state index is 0.0529. The quantitative estimate of drug-likeness (QED) is 0.155. The topological polar surface area (TPSA) is 77.8 Å². The third-order valence-corrected chi connectivity index (χ3v) is 12.5. The van der Waals surface area contributed by atoms with Crippen LogP contribution in [0.1, 0.15) is 105 Å². The van der Waals surface area contributed by atoms with E-state index in [0.29, 0.717) is 23.6 Å². The summed E-state index contributed by atoms with van der Waals surface area (Å²) in [5.74, 6) is 1.96. The Morgan fingerprint density at radius 2 is 0.578 bits per heavy atom. The molecule has 0 fully saturated rings. The van der Waals surface area contributed by atoms with Gasteiger partial charge in [-0.05, 0) is 148 Å². The van der Waals surface area contributed by atoms with E-state index in [9.17, 15) is 0 Å². The summed E-state index contributed by atoms with van der Waals surface area (Å²) in [5, 5.41) is 22.8. The Morgan fingerprint density at radius 1 is 0.281 bits per heavy atom. The largest absolute Gasteiger partial charge is 0.416 e. The fraction of sp³-hybridized carbons (Fsp3) is 0.276. The Morgan fingerprint density at radius 3 is 0.906 bits per heavy atom. The Balaban J connectivity index is 1.21. The van der Waals surface area contributed by atoms with E-state index >= 15 is 0 Å². The molecule has 2 heterocycles. The number of hydrogen-bond acceptors (Lipinski definition) is 6. The van der Waals surface area contributed by atoms with Crippen molar-refractivity contribution in [1.29, 1.82) is 0 Å². The van der Waals surface area contributed by atoms with Crippen LogP contribution in [0.25, 0.3) is 89.6 Å². The first-order valence-corrected chi connectivity index (χ1v) is 22.4. The van der Waals surface area contributed by atoms with Crippen LogP contribution in [0.3, 0.4) is 0 Å². The van der Waals surface area contributed by atoms with Crippen LogP contribution in [0, 0.1) is 0 Å². The van der Waals surface area contributed by atoms with Crippen molar-refractivity contribution in [2.75, 3.05) is 0 Å². The highest BCUT2D eigenvalue weighted by Crippen LogP contribution is 2.47. The van der Waals surface area contributed by atoms with Crippen molar-refractivity contribution in [2.45, 2.75) is 105 Å². The van der Waals surface area contributed by atoms with E-state index in [0.717, 1.165) is 55.3 Å². The van der Waals surface area contributed by atoms with Crippen LogP contribution in [-0.4, -0.2) is 20.4 Å². The van der Waals surface area contributed by atoms with Gasteiger partial charge >= 0.3 is 0 Å². The molecule has 0 unspecified atom stereocenters. The van der Waals surface area contributed by atoms with Gasteiger partial charge in [-0.3, -0.25) is 0 Å². The molecular weight excluding hydrogens is 785 g/mol. The number of benzene rings is 7. The summed E-state index contributed by atoms with van der Waals surface area (Å²) in [6, 6.07) is 47.9. The average Bonchev–Trinajstić information content (AvgIpc) is 3.96. The van der Waals surface area contributed by atoms with E-state index in [2.05, 4.69) is 237 Å². The van der Waals surface area contributed by atoms with Crippen molar-refractivity contribution >= 4 is 21.5 Å². The number of nitrogens with zero attached hydrogens (tertiary/aromatic N) is 4. The molecule has 0 aliphatic rings. The maximum absolute atomic E-state index is 6.39. The Bertz CT molecular complexity index is 2960. The molecule has 0 atom stereocenters. The predicted octanol–water partition coefficient (Wildman–Crippen LogP) is 16.0. The summed E-state index contributed by atoms with van der Waals surface area (Å²) in [6.45, 7) is 26.9. The molecule has 9 aromatic rings. The lowest BCUT2D eigenvalue weighted by molar-refractivity contribution is 0.582. The zero-order chi connectivity index (χ0) is 45.3. The van der Waals surface area contributed by atoms with Gasteiger partial charge in [0.1, 0.15) is 0 Å². The molecule has 2 aromatic heterocycles. The lowest BCUT2D eigenvalue weighted by Crippen LogP contribution is -2.11. The van der Waals surface area contributed by atoms with E-state index in [1.165, 1.54) is 33.0 Å². The molecule has 9 rings (SSSR count). The highest BCUT2D eigenvalue weighted by atomic mass is 16.4. The first kappa shape index (κ1) is 42.6. The molecule has 6 nitrogen and oxygen atoms in total. The van der Waals surface area contributed by atoms with E-state index in [-0.39, 0.29) is 21.7 Å². The van der Waals surface area contributed by atoms with Gasteiger partial charge < -0.3 is 8.83 Å². The molecule has 6 heteroatoms. The van der Waals surface area contributed by atoms with Crippen molar-refractivity contribution in [3.63, 3.8) is 0 Å². The molecule has 0 spiro atoms.